The summed E-state index contributed by atoms with van der Waals surface area (Å²) >= 11 is 5.63. The van der Waals surface area contributed by atoms with Crippen molar-refractivity contribution < 1.29 is 17.6 Å². The van der Waals surface area contributed by atoms with E-state index in [0.29, 0.717) is 17.7 Å². The third-order valence-corrected chi connectivity index (χ3v) is 5.72. The zero-order chi connectivity index (χ0) is 20.9. The molecule has 3 rings (SSSR count). The van der Waals surface area contributed by atoms with Crippen molar-refractivity contribution in [1.29, 1.82) is 0 Å². The van der Waals surface area contributed by atoms with Crippen LogP contribution in [0.5, 0.6) is 0 Å². The molecule has 0 saturated heterocycles. The maximum Gasteiger partial charge on any atom is 0.240 e. The average Bonchev–Trinajstić information content (AvgIpc) is 2.73. The molecule has 1 N–H and O–H groups in total. The first kappa shape index (κ1) is 21.0. The molecular weight excluding hydrogens is 419 g/mol. The summed E-state index contributed by atoms with van der Waals surface area (Å²) in [7, 11) is -3.87. The summed E-state index contributed by atoms with van der Waals surface area (Å²) in [5, 5.41) is -0.278. The third-order valence-electron chi connectivity index (χ3n) is 4.03. The summed E-state index contributed by atoms with van der Waals surface area (Å²) in [6.07, 6.45) is 6.92. The van der Waals surface area contributed by atoms with E-state index >= 15 is 0 Å². The molecule has 0 aliphatic carbocycles. The van der Waals surface area contributed by atoms with E-state index in [1.165, 1.54) is 12.5 Å². The fourth-order valence-corrected chi connectivity index (χ4v) is 3.73. The van der Waals surface area contributed by atoms with E-state index in [9.17, 15) is 17.6 Å². The number of halogens is 2. The Hall–Kier alpha value is -2.75. The molecular formula is C19H16ClFN4O3S. The lowest BCUT2D eigenvalue weighted by Crippen LogP contribution is -2.23. The Morgan fingerprint density at radius 3 is 2.48 bits per heavy atom. The van der Waals surface area contributed by atoms with Crippen molar-refractivity contribution in [3.05, 3.63) is 82.9 Å². The van der Waals surface area contributed by atoms with Gasteiger partial charge in [-0.15, -0.1) is 0 Å². The van der Waals surface area contributed by atoms with Gasteiger partial charge in [0.05, 0.1) is 9.92 Å². The molecule has 0 fully saturated rings. The molecule has 3 aromatic rings. The van der Waals surface area contributed by atoms with Crippen LogP contribution in [0.1, 0.15) is 28.0 Å². The molecule has 2 aromatic heterocycles. The van der Waals surface area contributed by atoms with Crippen LogP contribution < -0.4 is 4.72 Å². The van der Waals surface area contributed by atoms with Crippen molar-refractivity contribution in [2.45, 2.75) is 24.3 Å². The third kappa shape index (κ3) is 5.63. The Bertz CT molecular complexity index is 1110. The molecule has 7 nitrogen and oxygen atoms in total. The lowest BCUT2D eigenvalue weighted by molar-refractivity contribution is 0.0978. The summed E-state index contributed by atoms with van der Waals surface area (Å²) in [6.45, 7) is -0.0415. The molecule has 0 bridgehead atoms. The monoisotopic (exact) mass is 434 g/mol. The summed E-state index contributed by atoms with van der Waals surface area (Å²) in [5.74, 6) is -0.836. The molecule has 29 heavy (non-hydrogen) atoms. The molecule has 10 heteroatoms. The number of nitrogens with zero attached hydrogens (tertiary/aromatic N) is 3. The zero-order valence-electron chi connectivity index (χ0n) is 15.0. The van der Waals surface area contributed by atoms with Crippen LogP contribution >= 0.6 is 11.6 Å². The van der Waals surface area contributed by atoms with Crippen LogP contribution in [0, 0.1) is 5.82 Å². The van der Waals surface area contributed by atoms with Gasteiger partial charge < -0.3 is 0 Å². The predicted octanol–water partition coefficient (Wildman–Crippen LogP) is 2.96. The molecule has 0 radical (unpaired) electrons. The summed E-state index contributed by atoms with van der Waals surface area (Å²) in [5.41, 5.74) is 1.71. The standard InChI is InChI=1S/C19H16ClFN4O3S/c20-16-7-15(3-4-17(16)21)29(27,28)25-11-14-1-5-18(24-10-14)19(26)6-2-13-8-22-12-23-9-13/h1,3-5,7-10,12,25H,2,6,11H2. The van der Waals surface area contributed by atoms with Crippen LogP contribution in [0.2, 0.25) is 5.02 Å². The first-order chi connectivity index (χ1) is 13.8. The van der Waals surface area contributed by atoms with Crippen LogP contribution in [-0.4, -0.2) is 29.2 Å². The van der Waals surface area contributed by atoms with Crippen molar-refractivity contribution in [1.82, 2.24) is 19.7 Å². The van der Waals surface area contributed by atoms with E-state index < -0.39 is 15.8 Å². The smallest absolute Gasteiger partial charge is 0.240 e. The molecule has 150 valence electrons. The van der Waals surface area contributed by atoms with Gasteiger partial charge in [0.2, 0.25) is 10.0 Å². The SMILES string of the molecule is O=C(CCc1cncnc1)c1ccc(CNS(=O)(=O)c2ccc(F)c(Cl)c2)cn1. The van der Waals surface area contributed by atoms with E-state index in [2.05, 4.69) is 19.7 Å². The quantitative estimate of drug-likeness (QED) is 0.547. The molecule has 0 saturated carbocycles. The van der Waals surface area contributed by atoms with Crippen LogP contribution in [-0.2, 0) is 23.0 Å². The van der Waals surface area contributed by atoms with Gasteiger partial charge in [0.15, 0.2) is 5.78 Å². The second-order valence-corrected chi connectivity index (χ2v) is 8.30. The molecule has 2 heterocycles. The number of nitrogens with one attached hydrogen (secondary N) is 1. The van der Waals surface area contributed by atoms with Crippen LogP contribution in [0.4, 0.5) is 4.39 Å². The van der Waals surface area contributed by atoms with Gasteiger partial charge in [-0.25, -0.2) is 27.5 Å². The van der Waals surface area contributed by atoms with E-state index in [1.54, 1.807) is 24.5 Å². The fraction of sp³-hybridized carbons (Fsp3) is 0.158. The second kappa shape index (κ2) is 9.17. The topological polar surface area (TPSA) is 102 Å². The number of benzene rings is 1. The maximum absolute atomic E-state index is 13.2. The highest BCUT2D eigenvalue weighted by Gasteiger charge is 2.16. The normalized spacial score (nSPS) is 11.4. The van der Waals surface area contributed by atoms with Gasteiger partial charge >= 0.3 is 0 Å². The number of Topliss-reactive ketones (excluding diaryl/α,β-unsaturated/α-hetero) is 1. The van der Waals surface area contributed by atoms with Gasteiger partial charge in [-0.3, -0.25) is 9.78 Å². The summed E-state index contributed by atoms with van der Waals surface area (Å²) in [4.78, 5) is 24.0. The Morgan fingerprint density at radius 2 is 1.83 bits per heavy atom. The van der Waals surface area contributed by atoms with E-state index in [-0.39, 0.29) is 28.7 Å². The molecule has 0 atom stereocenters. The number of pyridine rings is 1. The maximum atomic E-state index is 13.2. The number of sulfonamides is 1. The largest absolute Gasteiger partial charge is 0.292 e. The van der Waals surface area contributed by atoms with Gasteiger partial charge in [-0.05, 0) is 41.8 Å². The predicted molar refractivity (Wildman–Crippen MR) is 104 cm³/mol. The highest BCUT2D eigenvalue weighted by molar-refractivity contribution is 7.89. The fourth-order valence-electron chi connectivity index (χ4n) is 2.44. The van der Waals surface area contributed by atoms with Gasteiger partial charge in [0, 0.05) is 31.6 Å². The van der Waals surface area contributed by atoms with Gasteiger partial charge in [-0.2, -0.15) is 0 Å². The van der Waals surface area contributed by atoms with Crippen molar-refractivity contribution in [3.63, 3.8) is 0 Å². The first-order valence-electron chi connectivity index (χ1n) is 8.52. The Morgan fingerprint density at radius 1 is 1.07 bits per heavy atom. The van der Waals surface area contributed by atoms with E-state index in [1.807, 2.05) is 0 Å². The van der Waals surface area contributed by atoms with Crippen LogP contribution in [0.25, 0.3) is 0 Å². The van der Waals surface area contributed by atoms with Crippen molar-refractivity contribution in [2.24, 2.45) is 0 Å². The molecule has 0 aliphatic rings. The number of ketones is 1. The van der Waals surface area contributed by atoms with E-state index in [0.717, 1.165) is 23.8 Å². The van der Waals surface area contributed by atoms with Gasteiger partial charge in [-0.1, -0.05) is 17.7 Å². The number of hydrogen-bond donors (Lipinski definition) is 1. The number of hydrogen-bond acceptors (Lipinski definition) is 6. The highest BCUT2D eigenvalue weighted by atomic mass is 35.5. The molecule has 0 spiro atoms. The minimum atomic E-state index is -3.87. The molecule has 0 unspecified atom stereocenters. The van der Waals surface area contributed by atoms with Crippen LogP contribution in [0.15, 0.2) is 60.1 Å². The second-order valence-electron chi connectivity index (χ2n) is 6.12. The Balaban J connectivity index is 1.58. The minimum Gasteiger partial charge on any atom is -0.292 e. The van der Waals surface area contributed by atoms with Gasteiger partial charge in [0.1, 0.15) is 17.8 Å². The lowest BCUT2D eigenvalue weighted by Gasteiger charge is -2.08. The average molecular weight is 435 g/mol. The van der Waals surface area contributed by atoms with Gasteiger partial charge in [0.25, 0.3) is 0 Å². The molecule has 1 aromatic carbocycles. The van der Waals surface area contributed by atoms with E-state index in [4.69, 9.17) is 11.6 Å². The van der Waals surface area contributed by atoms with Crippen molar-refractivity contribution >= 4 is 27.4 Å². The number of carbonyl (C=O) groups is 1. The first-order valence-corrected chi connectivity index (χ1v) is 10.4. The number of rotatable bonds is 8. The molecule has 0 amide bonds. The highest BCUT2D eigenvalue weighted by Crippen LogP contribution is 2.19. The summed E-state index contributed by atoms with van der Waals surface area (Å²) < 4.78 is 40.2. The van der Waals surface area contributed by atoms with Crippen LogP contribution in [0.3, 0.4) is 0 Å². The Labute approximate surface area is 172 Å². The number of aromatic nitrogens is 3. The number of aryl methyl sites for hydroxylation is 1. The molecule has 0 aliphatic heterocycles. The Kier molecular flexibility index (Phi) is 6.63. The summed E-state index contributed by atoms with van der Waals surface area (Å²) in [6, 6.07) is 6.31. The minimum absolute atomic E-state index is 0.0415. The number of carbonyl (C=O) groups excluding carboxylic acids is 1. The van der Waals surface area contributed by atoms with Crippen molar-refractivity contribution in [3.8, 4) is 0 Å². The zero-order valence-corrected chi connectivity index (χ0v) is 16.6. The lowest BCUT2D eigenvalue weighted by atomic mass is 10.1. The van der Waals surface area contributed by atoms with Crippen molar-refractivity contribution in [2.75, 3.05) is 0 Å².